The lowest BCUT2D eigenvalue weighted by molar-refractivity contribution is 0.199. The van der Waals surface area contributed by atoms with Gasteiger partial charge in [0.05, 0.1) is 6.10 Å². The predicted molar refractivity (Wildman–Crippen MR) is 66.8 cm³/mol. The summed E-state index contributed by atoms with van der Waals surface area (Å²) in [6.45, 7) is 3.83. The van der Waals surface area contributed by atoms with Gasteiger partial charge in [-0.1, -0.05) is 19.1 Å². The molecule has 0 bridgehead atoms. The number of carbonyl (C=O) groups is 1. The van der Waals surface area contributed by atoms with Crippen LogP contribution in [0.4, 0.5) is 10.5 Å². The Hall–Kier alpha value is -1.55. The van der Waals surface area contributed by atoms with Crippen molar-refractivity contribution in [1.82, 2.24) is 5.32 Å². The van der Waals surface area contributed by atoms with Gasteiger partial charge in [-0.05, 0) is 37.0 Å². The van der Waals surface area contributed by atoms with Crippen molar-refractivity contribution < 1.29 is 9.90 Å². The van der Waals surface area contributed by atoms with Crippen LogP contribution in [0.3, 0.4) is 0 Å². The number of nitrogens with one attached hydrogen (secondary N) is 2. The molecule has 0 heterocycles. The minimum Gasteiger partial charge on any atom is -0.389 e. The molecular weight excluding hydrogens is 216 g/mol. The summed E-state index contributed by atoms with van der Waals surface area (Å²) in [7, 11) is 0. The lowest BCUT2D eigenvalue weighted by atomic mass is 10.1. The summed E-state index contributed by atoms with van der Waals surface area (Å²) in [6, 6.07) is 7.35. The van der Waals surface area contributed by atoms with Gasteiger partial charge in [0, 0.05) is 11.7 Å². The third-order valence-corrected chi connectivity index (χ3v) is 3.08. The minimum absolute atomic E-state index is 0.163. The number of hydrogen-bond donors (Lipinski definition) is 3. The van der Waals surface area contributed by atoms with Crippen LogP contribution in [0.1, 0.15) is 31.9 Å². The molecule has 92 valence electrons. The smallest absolute Gasteiger partial charge is 0.319 e. The van der Waals surface area contributed by atoms with Gasteiger partial charge in [-0.3, -0.25) is 0 Å². The Morgan fingerprint density at radius 1 is 1.41 bits per heavy atom. The molecule has 1 aliphatic carbocycles. The average molecular weight is 234 g/mol. The fraction of sp³-hybridized carbons (Fsp3) is 0.462. The molecule has 2 rings (SSSR count). The maximum atomic E-state index is 11.6. The number of anilines is 1. The monoisotopic (exact) mass is 234 g/mol. The molecule has 3 atom stereocenters. The molecule has 4 heteroatoms. The maximum Gasteiger partial charge on any atom is 0.319 e. The Morgan fingerprint density at radius 3 is 2.47 bits per heavy atom. The van der Waals surface area contributed by atoms with Crippen molar-refractivity contribution in [3.63, 3.8) is 0 Å². The minimum atomic E-state index is -0.481. The zero-order chi connectivity index (χ0) is 12.4. The van der Waals surface area contributed by atoms with Crippen LogP contribution in [0.15, 0.2) is 24.3 Å². The molecule has 0 aromatic heterocycles. The van der Waals surface area contributed by atoms with E-state index in [0.29, 0.717) is 12.0 Å². The lowest BCUT2D eigenvalue weighted by Crippen LogP contribution is -2.31. The van der Waals surface area contributed by atoms with Crippen LogP contribution in [0.2, 0.25) is 0 Å². The third-order valence-electron chi connectivity index (χ3n) is 3.08. The molecule has 0 saturated heterocycles. The molecule has 4 nitrogen and oxygen atoms in total. The van der Waals surface area contributed by atoms with Crippen LogP contribution in [0.5, 0.6) is 0 Å². The molecule has 3 N–H and O–H groups in total. The topological polar surface area (TPSA) is 61.4 Å². The Kier molecular flexibility index (Phi) is 3.33. The molecule has 2 amide bonds. The van der Waals surface area contributed by atoms with Crippen LogP contribution in [0.25, 0.3) is 0 Å². The standard InChI is InChI=1S/C13H18N2O2/c1-8-7-12(8)15-13(17)14-11-5-3-10(4-6-11)9(2)16/h3-6,8-9,12,16H,7H2,1-2H3,(H2,14,15,17). The van der Waals surface area contributed by atoms with Gasteiger partial charge < -0.3 is 15.7 Å². The quantitative estimate of drug-likeness (QED) is 0.751. The van der Waals surface area contributed by atoms with E-state index >= 15 is 0 Å². The van der Waals surface area contributed by atoms with Crippen molar-refractivity contribution in [3.05, 3.63) is 29.8 Å². The second kappa shape index (κ2) is 4.75. The molecule has 0 radical (unpaired) electrons. The highest BCUT2D eigenvalue weighted by Gasteiger charge is 2.33. The molecule has 0 spiro atoms. The lowest BCUT2D eigenvalue weighted by Gasteiger charge is -2.08. The van der Waals surface area contributed by atoms with Crippen LogP contribution in [-0.4, -0.2) is 17.2 Å². The highest BCUT2D eigenvalue weighted by Crippen LogP contribution is 2.28. The van der Waals surface area contributed by atoms with Gasteiger partial charge in [0.15, 0.2) is 0 Å². The maximum absolute atomic E-state index is 11.6. The molecule has 0 aliphatic heterocycles. The van der Waals surface area contributed by atoms with Gasteiger partial charge >= 0.3 is 6.03 Å². The number of hydrogen-bond acceptors (Lipinski definition) is 2. The fourth-order valence-electron chi connectivity index (χ4n) is 1.70. The number of benzene rings is 1. The Bertz CT molecular complexity index is 400. The van der Waals surface area contributed by atoms with Crippen molar-refractivity contribution >= 4 is 11.7 Å². The van der Waals surface area contributed by atoms with Crippen molar-refractivity contribution in [1.29, 1.82) is 0 Å². The Labute approximate surface area is 101 Å². The van der Waals surface area contributed by atoms with E-state index in [4.69, 9.17) is 0 Å². The van der Waals surface area contributed by atoms with Crippen LogP contribution in [0, 0.1) is 5.92 Å². The number of aliphatic hydroxyl groups excluding tert-OH is 1. The SMILES string of the molecule is CC(O)c1ccc(NC(=O)NC2CC2C)cc1. The molecule has 1 fully saturated rings. The van der Waals surface area contributed by atoms with Crippen LogP contribution < -0.4 is 10.6 Å². The second-order valence-corrected chi connectivity index (χ2v) is 4.72. The molecule has 1 aromatic carbocycles. The number of rotatable bonds is 3. The second-order valence-electron chi connectivity index (χ2n) is 4.72. The summed E-state index contributed by atoms with van der Waals surface area (Å²) in [5, 5.41) is 15.0. The zero-order valence-electron chi connectivity index (χ0n) is 10.1. The highest BCUT2D eigenvalue weighted by molar-refractivity contribution is 5.89. The highest BCUT2D eigenvalue weighted by atomic mass is 16.3. The summed E-state index contributed by atoms with van der Waals surface area (Å²) in [6.07, 6.45) is 0.583. The number of carbonyl (C=O) groups excluding carboxylic acids is 1. The van der Waals surface area contributed by atoms with Gasteiger partial charge in [-0.25, -0.2) is 4.79 Å². The largest absolute Gasteiger partial charge is 0.389 e. The molecule has 3 unspecified atom stereocenters. The van der Waals surface area contributed by atoms with E-state index in [-0.39, 0.29) is 6.03 Å². The molecule has 17 heavy (non-hydrogen) atoms. The van der Waals surface area contributed by atoms with E-state index < -0.39 is 6.10 Å². The van der Waals surface area contributed by atoms with Crippen molar-refractivity contribution in [3.8, 4) is 0 Å². The Morgan fingerprint density at radius 2 is 2.00 bits per heavy atom. The summed E-state index contributed by atoms with van der Waals surface area (Å²) >= 11 is 0. The van der Waals surface area contributed by atoms with Gasteiger partial charge in [0.1, 0.15) is 0 Å². The number of urea groups is 1. The fourth-order valence-corrected chi connectivity index (χ4v) is 1.70. The molecule has 1 aromatic rings. The summed E-state index contributed by atoms with van der Waals surface area (Å²) in [5.41, 5.74) is 1.58. The van der Waals surface area contributed by atoms with E-state index in [1.54, 1.807) is 31.2 Å². The first-order valence-electron chi connectivity index (χ1n) is 5.92. The van der Waals surface area contributed by atoms with Crippen molar-refractivity contribution in [2.45, 2.75) is 32.4 Å². The van der Waals surface area contributed by atoms with Crippen molar-refractivity contribution in [2.24, 2.45) is 5.92 Å². The van der Waals surface area contributed by atoms with Crippen LogP contribution >= 0.6 is 0 Å². The van der Waals surface area contributed by atoms with E-state index in [2.05, 4.69) is 17.6 Å². The first-order valence-corrected chi connectivity index (χ1v) is 5.92. The number of aliphatic hydroxyl groups is 1. The summed E-state index contributed by atoms with van der Waals surface area (Å²) in [4.78, 5) is 11.6. The zero-order valence-corrected chi connectivity index (χ0v) is 10.1. The van der Waals surface area contributed by atoms with E-state index in [1.165, 1.54) is 0 Å². The normalized spacial score (nSPS) is 23.9. The van der Waals surface area contributed by atoms with Gasteiger partial charge in [-0.2, -0.15) is 0 Å². The predicted octanol–water partition coefficient (Wildman–Crippen LogP) is 2.27. The Balaban J connectivity index is 1.87. The molecular formula is C13H18N2O2. The van der Waals surface area contributed by atoms with E-state index in [9.17, 15) is 9.90 Å². The van der Waals surface area contributed by atoms with Crippen molar-refractivity contribution in [2.75, 3.05) is 5.32 Å². The number of amides is 2. The summed E-state index contributed by atoms with van der Waals surface area (Å²) < 4.78 is 0. The average Bonchev–Trinajstić information content (AvgIpc) is 2.94. The van der Waals surface area contributed by atoms with Crippen LogP contribution in [-0.2, 0) is 0 Å². The first-order chi connectivity index (χ1) is 8.06. The van der Waals surface area contributed by atoms with Gasteiger partial charge in [0.2, 0.25) is 0 Å². The van der Waals surface area contributed by atoms with Gasteiger partial charge in [0.25, 0.3) is 0 Å². The summed E-state index contributed by atoms with van der Waals surface area (Å²) in [5.74, 6) is 0.596. The third kappa shape index (κ3) is 3.20. The molecule has 1 saturated carbocycles. The first kappa shape index (κ1) is 11.9. The molecule has 1 aliphatic rings. The van der Waals surface area contributed by atoms with E-state index in [1.807, 2.05) is 0 Å². The van der Waals surface area contributed by atoms with E-state index in [0.717, 1.165) is 17.7 Å². The van der Waals surface area contributed by atoms with Gasteiger partial charge in [-0.15, -0.1) is 0 Å².